The number of anilines is 1. The molecule has 2 aromatic carbocycles. The van der Waals surface area contributed by atoms with E-state index in [1.165, 1.54) is 18.2 Å². The first-order chi connectivity index (χ1) is 16.1. The molecule has 4 rings (SSSR count). The second-order valence-electron chi connectivity index (χ2n) is 7.47. The minimum atomic E-state index is -0.655. The Labute approximate surface area is 209 Å². The summed E-state index contributed by atoms with van der Waals surface area (Å²) in [6.07, 6.45) is 1.46. The normalized spacial score (nSPS) is 15.1. The highest BCUT2D eigenvalue weighted by Crippen LogP contribution is 2.34. The Morgan fingerprint density at radius 2 is 1.79 bits per heavy atom. The Hall–Kier alpha value is -3.53. The molecule has 0 bridgehead atoms. The summed E-state index contributed by atoms with van der Waals surface area (Å²) >= 11 is 17.6. The number of carbonyl (C=O) groups is 2. The summed E-state index contributed by atoms with van der Waals surface area (Å²) in [5.74, 6) is -1.30. The SMILES string of the molecule is Cc1cc(/C=C2\C(=O)NC(=S)N(c3cccc(Cl)c3Cl)C2=O)c(C)n1-c1cccc([N+](=O)[O-])c1. The van der Waals surface area contributed by atoms with Gasteiger partial charge in [0.2, 0.25) is 0 Å². The molecule has 1 aromatic heterocycles. The maximum absolute atomic E-state index is 13.3. The Morgan fingerprint density at radius 1 is 1.09 bits per heavy atom. The van der Waals surface area contributed by atoms with Crippen LogP contribution in [-0.4, -0.2) is 26.4 Å². The molecule has 0 spiro atoms. The van der Waals surface area contributed by atoms with Crippen LogP contribution in [0.1, 0.15) is 17.0 Å². The first kappa shape index (κ1) is 23.6. The lowest BCUT2D eigenvalue weighted by molar-refractivity contribution is -0.384. The molecule has 1 aliphatic heterocycles. The fourth-order valence-electron chi connectivity index (χ4n) is 3.77. The monoisotopic (exact) mass is 514 g/mol. The molecule has 1 saturated heterocycles. The van der Waals surface area contributed by atoms with Crippen molar-refractivity contribution in [2.75, 3.05) is 4.90 Å². The van der Waals surface area contributed by atoms with E-state index in [0.29, 0.717) is 16.9 Å². The van der Waals surface area contributed by atoms with E-state index in [-0.39, 0.29) is 32.1 Å². The van der Waals surface area contributed by atoms with Gasteiger partial charge in [0, 0.05) is 23.5 Å². The van der Waals surface area contributed by atoms with Gasteiger partial charge in [-0.2, -0.15) is 0 Å². The van der Waals surface area contributed by atoms with Gasteiger partial charge in [-0.3, -0.25) is 29.9 Å². The van der Waals surface area contributed by atoms with E-state index in [2.05, 4.69) is 5.32 Å². The maximum atomic E-state index is 13.3. The third-order valence-corrected chi connectivity index (χ3v) is 6.44. The molecule has 0 unspecified atom stereocenters. The number of rotatable bonds is 4. The number of hydrogen-bond acceptors (Lipinski definition) is 5. The summed E-state index contributed by atoms with van der Waals surface area (Å²) in [5.41, 5.74) is 2.68. The summed E-state index contributed by atoms with van der Waals surface area (Å²) < 4.78 is 1.81. The number of nitrogens with zero attached hydrogens (tertiary/aromatic N) is 3. The molecule has 0 radical (unpaired) electrons. The Balaban J connectivity index is 1.79. The summed E-state index contributed by atoms with van der Waals surface area (Å²) in [6.45, 7) is 3.61. The molecule has 34 heavy (non-hydrogen) atoms. The third kappa shape index (κ3) is 4.09. The smallest absolute Gasteiger partial charge is 0.271 e. The van der Waals surface area contributed by atoms with E-state index >= 15 is 0 Å². The topological polar surface area (TPSA) is 97.5 Å². The van der Waals surface area contributed by atoms with Crippen LogP contribution in [-0.2, 0) is 9.59 Å². The molecule has 2 heterocycles. The minimum Gasteiger partial charge on any atom is -0.318 e. The lowest BCUT2D eigenvalue weighted by Gasteiger charge is -2.29. The van der Waals surface area contributed by atoms with Crippen molar-refractivity contribution in [3.63, 3.8) is 0 Å². The van der Waals surface area contributed by atoms with Gasteiger partial charge in [0.25, 0.3) is 17.5 Å². The highest BCUT2D eigenvalue weighted by Gasteiger charge is 2.36. The molecule has 1 aliphatic rings. The van der Waals surface area contributed by atoms with E-state index in [1.807, 2.05) is 6.92 Å². The van der Waals surface area contributed by atoms with Crippen molar-refractivity contribution in [2.24, 2.45) is 0 Å². The van der Waals surface area contributed by atoms with Gasteiger partial charge in [-0.05, 0) is 62.0 Å². The molecule has 1 N–H and O–H groups in total. The Bertz CT molecular complexity index is 1430. The summed E-state index contributed by atoms with van der Waals surface area (Å²) in [4.78, 5) is 37.9. The number of aryl methyl sites for hydroxylation is 1. The van der Waals surface area contributed by atoms with Crippen molar-refractivity contribution >= 4 is 69.8 Å². The van der Waals surface area contributed by atoms with Gasteiger partial charge in [-0.15, -0.1) is 0 Å². The number of hydrogen-bond donors (Lipinski definition) is 1. The van der Waals surface area contributed by atoms with E-state index in [1.54, 1.807) is 47.9 Å². The van der Waals surface area contributed by atoms with Gasteiger partial charge >= 0.3 is 0 Å². The number of nitro groups is 1. The van der Waals surface area contributed by atoms with Crippen LogP contribution in [0.2, 0.25) is 10.0 Å². The highest BCUT2D eigenvalue weighted by atomic mass is 35.5. The average Bonchev–Trinajstić information content (AvgIpc) is 3.06. The standard InChI is InChI=1S/C23H16Cl2N4O4S/c1-12-9-14(13(2)27(12)15-5-3-6-16(11-15)29(32)33)10-17-21(30)26-23(34)28(22(17)31)19-8-4-7-18(24)20(19)25/h3-11H,1-2H3,(H,26,30,34)/b17-10+. The summed E-state index contributed by atoms with van der Waals surface area (Å²) in [5, 5.41) is 13.9. The first-order valence-corrected chi connectivity index (χ1v) is 11.1. The fourth-order valence-corrected chi connectivity index (χ4v) is 4.43. The predicted molar refractivity (Wildman–Crippen MR) is 135 cm³/mol. The zero-order chi connectivity index (χ0) is 24.7. The number of aromatic nitrogens is 1. The number of benzene rings is 2. The van der Waals surface area contributed by atoms with Gasteiger partial charge in [-0.25, -0.2) is 0 Å². The number of carbonyl (C=O) groups excluding carboxylic acids is 2. The molecule has 8 nitrogen and oxygen atoms in total. The quantitative estimate of drug-likeness (QED) is 0.171. The van der Waals surface area contributed by atoms with Crippen LogP contribution in [0.25, 0.3) is 11.8 Å². The molecule has 0 atom stereocenters. The zero-order valence-electron chi connectivity index (χ0n) is 17.8. The molecule has 2 amide bonds. The molecule has 11 heteroatoms. The number of thiocarbonyl (C=S) groups is 1. The molecule has 1 fully saturated rings. The maximum Gasteiger partial charge on any atom is 0.271 e. The van der Waals surface area contributed by atoms with Gasteiger partial charge in [-0.1, -0.05) is 35.3 Å². The molecule has 3 aromatic rings. The van der Waals surface area contributed by atoms with Gasteiger partial charge < -0.3 is 4.57 Å². The molecule has 0 saturated carbocycles. The number of amides is 2. The third-order valence-electron chi connectivity index (χ3n) is 5.34. The van der Waals surface area contributed by atoms with Crippen molar-refractivity contribution in [1.82, 2.24) is 9.88 Å². The number of non-ortho nitro benzene ring substituents is 1. The average molecular weight is 515 g/mol. The summed E-state index contributed by atoms with van der Waals surface area (Å²) in [6, 6.07) is 12.7. The molecule has 172 valence electrons. The van der Waals surface area contributed by atoms with Crippen LogP contribution in [0.3, 0.4) is 0 Å². The molecule has 0 aliphatic carbocycles. The highest BCUT2D eigenvalue weighted by molar-refractivity contribution is 7.80. The Morgan fingerprint density at radius 3 is 2.50 bits per heavy atom. The van der Waals surface area contributed by atoms with Gasteiger partial charge in [0.05, 0.1) is 26.3 Å². The lowest BCUT2D eigenvalue weighted by Crippen LogP contribution is -2.54. The second-order valence-corrected chi connectivity index (χ2v) is 8.64. The van der Waals surface area contributed by atoms with Crippen LogP contribution >= 0.6 is 35.4 Å². The Kier molecular flexibility index (Phi) is 6.26. The first-order valence-electron chi connectivity index (χ1n) is 9.89. The molecular weight excluding hydrogens is 499 g/mol. The van der Waals surface area contributed by atoms with E-state index < -0.39 is 16.7 Å². The number of halogens is 2. The van der Waals surface area contributed by atoms with Crippen molar-refractivity contribution < 1.29 is 14.5 Å². The van der Waals surface area contributed by atoms with Crippen LogP contribution in [0.5, 0.6) is 0 Å². The van der Waals surface area contributed by atoms with Crippen LogP contribution < -0.4 is 10.2 Å². The van der Waals surface area contributed by atoms with Crippen LogP contribution in [0, 0.1) is 24.0 Å². The van der Waals surface area contributed by atoms with E-state index in [9.17, 15) is 19.7 Å². The lowest BCUT2D eigenvalue weighted by atomic mass is 10.1. The van der Waals surface area contributed by atoms with Crippen molar-refractivity contribution in [1.29, 1.82) is 0 Å². The number of nitro benzene ring substituents is 1. The fraction of sp³-hybridized carbons (Fsp3) is 0.0870. The van der Waals surface area contributed by atoms with E-state index in [0.717, 1.165) is 10.6 Å². The van der Waals surface area contributed by atoms with Gasteiger partial charge in [0.15, 0.2) is 5.11 Å². The predicted octanol–water partition coefficient (Wildman–Crippen LogP) is 5.14. The summed E-state index contributed by atoms with van der Waals surface area (Å²) in [7, 11) is 0. The minimum absolute atomic E-state index is 0.0469. The molecular formula is C23H16Cl2N4O4S. The number of nitrogens with one attached hydrogen (secondary N) is 1. The van der Waals surface area contributed by atoms with Crippen LogP contribution in [0.4, 0.5) is 11.4 Å². The van der Waals surface area contributed by atoms with Crippen molar-refractivity contribution in [3.05, 3.63) is 91.2 Å². The van der Waals surface area contributed by atoms with E-state index in [4.69, 9.17) is 35.4 Å². The van der Waals surface area contributed by atoms with Crippen LogP contribution in [0.15, 0.2) is 54.1 Å². The zero-order valence-corrected chi connectivity index (χ0v) is 20.2. The second kappa shape index (κ2) is 9.02. The largest absolute Gasteiger partial charge is 0.318 e. The van der Waals surface area contributed by atoms with Gasteiger partial charge in [0.1, 0.15) is 5.57 Å². The van der Waals surface area contributed by atoms with Crippen molar-refractivity contribution in [2.45, 2.75) is 13.8 Å². The van der Waals surface area contributed by atoms with Crippen molar-refractivity contribution in [3.8, 4) is 5.69 Å².